The molecule has 0 spiro atoms. The third-order valence-corrected chi connectivity index (χ3v) is 4.39. The van der Waals surface area contributed by atoms with E-state index in [1.54, 1.807) is 0 Å². The number of hydrogen-bond acceptors (Lipinski definition) is 3. The number of aryl methyl sites for hydroxylation is 2. The fourth-order valence-electron chi connectivity index (χ4n) is 2.25. The molecule has 2 atom stereocenters. The van der Waals surface area contributed by atoms with E-state index in [4.69, 9.17) is 0 Å². The highest BCUT2D eigenvalue weighted by molar-refractivity contribution is 9.10. The summed E-state index contributed by atoms with van der Waals surface area (Å²) in [4.78, 5) is 0. The molecule has 0 saturated heterocycles. The van der Waals surface area contributed by atoms with Crippen LogP contribution in [0.3, 0.4) is 0 Å². The molecule has 0 radical (unpaired) electrons. The van der Waals surface area contributed by atoms with Crippen molar-refractivity contribution in [1.82, 2.24) is 9.78 Å². The molecule has 2 rings (SSSR count). The lowest BCUT2D eigenvalue weighted by Gasteiger charge is -2.18. The number of benzene rings is 1. The Morgan fingerprint density at radius 2 is 1.90 bits per heavy atom. The monoisotopic (exact) mass is 338 g/mol. The highest BCUT2D eigenvalue weighted by atomic mass is 79.9. The maximum absolute atomic E-state index is 10.3. The van der Waals surface area contributed by atoms with Crippen LogP contribution in [-0.2, 0) is 13.0 Å². The van der Waals surface area contributed by atoms with Gasteiger partial charge >= 0.3 is 0 Å². The predicted octanol–water partition coefficient (Wildman–Crippen LogP) is 2.61. The molecule has 2 N–H and O–H groups in total. The van der Waals surface area contributed by atoms with Crippen LogP contribution < -0.4 is 0 Å². The SMILES string of the molecule is CCn1nc(C)c(Br)c1CC(O)C(O)c1ccccc1. The van der Waals surface area contributed by atoms with E-state index < -0.39 is 12.2 Å². The van der Waals surface area contributed by atoms with Gasteiger partial charge in [0.15, 0.2) is 0 Å². The Morgan fingerprint density at radius 3 is 2.50 bits per heavy atom. The first-order chi connectivity index (χ1) is 9.54. The summed E-state index contributed by atoms with van der Waals surface area (Å²) in [5, 5.41) is 24.9. The van der Waals surface area contributed by atoms with Crippen molar-refractivity contribution < 1.29 is 10.2 Å². The molecule has 0 bridgehead atoms. The zero-order valence-electron chi connectivity index (χ0n) is 11.6. The zero-order valence-corrected chi connectivity index (χ0v) is 13.2. The Kier molecular flexibility index (Phi) is 4.96. The summed E-state index contributed by atoms with van der Waals surface area (Å²) < 4.78 is 2.75. The number of nitrogens with zero attached hydrogens (tertiary/aromatic N) is 2. The van der Waals surface area contributed by atoms with E-state index in [1.165, 1.54) is 0 Å². The molecule has 2 unspecified atom stereocenters. The highest BCUT2D eigenvalue weighted by Gasteiger charge is 2.22. The summed E-state index contributed by atoms with van der Waals surface area (Å²) in [6.07, 6.45) is -1.41. The number of rotatable bonds is 5. The topological polar surface area (TPSA) is 58.3 Å². The molecular weight excluding hydrogens is 320 g/mol. The van der Waals surface area contributed by atoms with Gasteiger partial charge in [-0.05, 0) is 35.3 Å². The second-order valence-corrected chi connectivity index (χ2v) is 5.58. The molecule has 108 valence electrons. The highest BCUT2D eigenvalue weighted by Crippen LogP contribution is 2.26. The van der Waals surface area contributed by atoms with Crippen LogP contribution in [0.15, 0.2) is 34.8 Å². The van der Waals surface area contributed by atoms with Crippen molar-refractivity contribution in [2.24, 2.45) is 0 Å². The van der Waals surface area contributed by atoms with Gasteiger partial charge in [0.1, 0.15) is 6.10 Å². The molecule has 0 aliphatic carbocycles. The number of aliphatic hydroxyl groups is 2. The molecule has 0 saturated carbocycles. The van der Waals surface area contributed by atoms with Gasteiger partial charge in [-0.2, -0.15) is 5.10 Å². The normalized spacial score (nSPS) is 14.2. The lowest BCUT2D eigenvalue weighted by atomic mass is 10.0. The Morgan fingerprint density at radius 1 is 1.25 bits per heavy atom. The van der Waals surface area contributed by atoms with Crippen molar-refractivity contribution in [3.8, 4) is 0 Å². The average Bonchev–Trinajstić information content (AvgIpc) is 2.75. The molecule has 1 aromatic carbocycles. The van der Waals surface area contributed by atoms with E-state index in [0.29, 0.717) is 6.42 Å². The van der Waals surface area contributed by atoms with Crippen LogP contribution in [0.1, 0.15) is 30.0 Å². The van der Waals surface area contributed by atoms with Gasteiger partial charge in [0, 0.05) is 13.0 Å². The van der Waals surface area contributed by atoms with Gasteiger partial charge < -0.3 is 10.2 Å². The van der Waals surface area contributed by atoms with E-state index in [2.05, 4.69) is 21.0 Å². The third-order valence-electron chi connectivity index (χ3n) is 3.36. The maximum atomic E-state index is 10.3. The Balaban J connectivity index is 2.18. The van der Waals surface area contributed by atoms with Crippen molar-refractivity contribution in [3.63, 3.8) is 0 Å². The van der Waals surface area contributed by atoms with E-state index in [9.17, 15) is 10.2 Å². The Labute approximate surface area is 127 Å². The minimum absolute atomic E-state index is 0.353. The predicted molar refractivity (Wildman–Crippen MR) is 81.5 cm³/mol. The summed E-state index contributed by atoms with van der Waals surface area (Å²) in [7, 11) is 0. The molecular formula is C15H19BrN2O2. The number of hydrogen-bond donors (Lipinski definition) is 2. The molecule has 4 nitrogen and oxygen atoms in total. The van der Waals surface area contributed by atoms with Crippen molar-refractivity contribution in [2.75, 3.05) is 0 Å². The lowest BCUT2D eigenvalue weighted by molar-refractivity contribution is 0.0177. The molecule has 1 heterocycles. The van der Waals surface area contributed by atoms with Gasteiger partial charge in [-0.25, -0.2) is 0 Å². The zero-order chi connectivity index (χ0) is 14.7. The first-order valence-electron chi connectivity index (χ1n) is 6.67. The standard InChI is InChI=1S/C15H19BrN2O2/c1-3-18-12(14(16)10(2)17-18)9-13(19)15(20)11-7-5-4-6-8-11/h4-8,13,15,19-20H,3,9H2,1-2H3. The molecule has 0 aliphatic heterocycles. The second kappa shape index (κ2) is 6.52. The fourth-order valence-corrected chi connectivity index (χ4v) is 2.69. The second-order valence-electron chi connectivity index (χ2n) is 4.79. The minimum atomic E-state index is -0.899. The summed E-state index contributed by atoms with van der Waals surface area (Å²) in [5.41, 5.74) is 2.52. The van der Waals surface area contributed by atoms with Gasteiger partial charge in [0.2, 0.25) is 0 Å². The van der Waals surface area contributed by atoms with Crippen LogP contribution in [-0.4, -0.2) is 26.1 Å². The van der Waals surface area contributed by atoms with Crippen molar-refractivity contribution in [2.45, 2.75) is 39.0 Å². The molecule has 20 heavy (non-hydrogen) atoms. The smallest absolute Gasteiger partial charge is 0.105 e. The quantitative estimate of drug-likeness (QED) is 0.880. The Hall–Kier alpha value is -1.17. The summed E-state index contributed by atoms with van der Waals surface area (Å²) in [5.74, 6) is 0. The largest absolute Gasteiger partial charge is 0.390 e. The minimum Gasteiger partial charge on any atom is -0.390 e. The van der Waals surface area contributed by atoms with E-state index in [0.717, 1.165) is 28.0 Å². The summed E-state index contributed by atoms with van der Waals surface area (Å²) >= 11 is 3.50. The van der Waals surface area contributed by atoms with Crippen LogP contribution in [0.5, 0.6) is 0 Å². The van der Waals surface area contributed by atoms with Crippen molar-refractivity contribution in [1.29, 1.82) is 0 Å². The first-order valence-corrected chi connectivity index (χ1v) is 7.46. The van der Waals surface area contributed by atoms with Crippen LogP contribution >= 0.6 is 15.9 Å². The molecule has 0 aliphatic rings. The maximum Gasteiger partial charge on any atom is 0.105 e. The first kappa shape index (κ1) is 15.2. The van der Waals surface area contributed by atoms with Crippen LogP contribution in [0, 0.1) is 6.92 Å². The van der Waals surface area contributed by atoms with E-state index in [1.807, 2.05) is 48.9 Å². The molecule has 0 amide bonds. The van der Waals surface area contributed by atoms with Gasteiger partial charge in [-0.15, -0.1) is 0 Å². The number of aliphatic hydroxyl groups excluding tert-OH is 2. The van der Waals surface area contributed by atoms with Gasteiger partial charge in [0.25, 0.3) is 0 Å². The van der Waals surface area contributed by atoms with Gasteiger partial charge in [-0.3, -0.25) is 4.68 Å². The van der Waals surface area contributed by atoms with E-state index in [-0.39, 0.29) is 0 Å². The third kappa shape index (κ3) is 3.11. The van der Waals surface area contributed by atoms with Crippen molar-refractivity contribution >= 4 is 15.9 Å². The van der Waals surface area contributed by atoms with Crippen LogP contribution in [0.2, 0.25) is 0 Å². The summed E-state index contributed by atoms with van der Waals surface area (Å²) in [6.45, 7) is 4.65. The van der Waals surface area contributed by atoms with Crippen molar-refractivity contribution in [3.05, 3.63) is 51.8 Å². The average molecular weight is 339 g/mol. The van der Waals surface area contributed by atoms with Gasteiger partial charge in [-0.1, -0.05) is 30.3 Å². The molecule has 5 heteroatoms. The van der Waals surface area contributed by atoms with Crippen LogP contribution in [0.25, 0.3) is 0 Å². The molecule has 2 aromatic rings. The summed E-state index contributed by atoms with van der Waals surface area (Å²) in [6, 6.07) is 9.20. The van der Waals surface area contributed by atoms with Crippen LogP contribution in [0.4, 0.5) is 0 Å². The molecule has 0 fully saturated rings. The fraction of sp³-hybridized carbons (Fsp3) is 0.400. The number of aromatic nitrogens is 2. The van der Waals surface area contributed by atoms with E-state index >= 15 is 0 Å². The number of halogens is 1. The van der Waals surface area contributed by atoms with Gasteiger partial charge in [0.05, 0.1) is 22.0 Å². The lowest BCUT2D eigenvalue weighted by Crippen LogP contribution is -2.22. The Bertz CT molecular complexity index is 569. The molecule has 1 aromatic heterocycles.